The van der Waals surface area contributed by atoms with Crippen molar-refractivity contribution in [1.29, 1.82) is 0 Å². The van der Waals surface area contributed by atoms with E-state index in [0.717, 1.165) is 30.4 Å². The predicted octanol–water partition coefficient (Wildman–Crippen LogP) is 4.79. The summed E-state index contributed by atoms with van der Waals surface area (Å²) in [7, 11) is -3.72. The number of piperidine rings is 1. The van der Waals surface area contributed by atoms with Gasteiger partial charge in [0.25, 0.3) is 0 Å². The molecule has 1 amide bonds. The van der Waals surface area contributed by atoms with Crippen LogP contribution in [0.1, 0.15) is 44.1 Å². The Balaban J connectivity index is 1.43. The summed E-state index contributed by atoms with van der Waals surface area (Å²) >= 11 is 0. The number of anilines is 1. The molecule has 1 fully saturated rings. The minimum atomic E-state index is -3.72. The molecule has 186 valence electrons. The highest BCUT2D eigenvalue weighted by Crippen LogP contribution is 2.31. The highest BCUT2D eigenvalue weighted by atomic mass is 32.2. The maximum Gasteiger partial charge on any atom is 0.246 e. The lowest BCUT2D eigenvalue weighted by Crippen LogP contribution is -2.35. The average Bonchev–Trinajstić information content (AvgIpc) is 3.34. The summed E-state index contributed by atoms with van der Waals surface area (Å²) in [6.45, 7) is 5.15. The van der Waals surface area contributed by atoms with E-state index >= 15 is 0 Å². The Morgan fingerprint density at radius 3 is 2.57 bits per heavy atom. The van der Waals surface area contributed by atoms with Gasteiger partial charge in [-0.25, -0.2) is 13.4 Å². The number of hydrogen-bond acceptors (Lipinski definition) is 6. The number of nitrogens with one attached hydrogen (secondary N) is 1. The van der Waals surface area contributed by atoms with Crippen LogP contribution in [0.2, 0.25) is 0 Å². The normalized spacial score (nSPS) is 14.6. The van der Waals surface area contributed by atoms with Gasteiger partial charge in [-0.3, -0.25) is 4.79 Å². The van der Waals surface area contributed by atoms with Crippen molar-refractivity contribution in [2.24, 2.45) is 0 Å². The lowest BCUT2D eigenvalue weighted by molar-refractivity contribution is -0.116. The summed E-state index contributed by atoms with van der Waals surface area (Å²) in [6.07, 6.45) is 4.83. The zero-order chi connectivity index (χ0) is 24.8. The second-order valence-corrected chi connectivity index (χ2v) is 10.5. The number of amides is 1. The Kier molecular flexibility index (Phi) is 7.87. The van der Waals surface area contributed by atoms with E-state index in [9.17, 15) is 13.2 Å². The number of hydrogen-bond donors (Lipinski definition) is 1. The third kappa shape index (κ3) is 6.10. The first kappa shape index (κ1) is 24.9. The molecule has 1 saturated heterocycles. The van der Waals surface area contributed by atoms with Crippen LogP contribution in [0.5, 0.6) is 5.75 Å². The topological polar surface area (TPSA) is 102 Å². The molecule has 1 N–H and O–H groups in total. The van der Waals surface area contributed by atoms with Gasteiger partial charge in [-0.05, 0) is 44.9 Å². The molecule has 0 bridgehead atoms. The zero-order valence-corrected chi connectivity index (χ0v) is 20.9. The van der Waals surface area contributed by atoms with Crippen molar-refractivity contribution in [1.82, 2.24) is 9.29 Å². The summed E-state index contributed by atoms with van der Waals surface area (Å²) in [5.74, 6) is 1.15. The number of ether oxygens (including phenoxy) is 1. The number of sulfonamides is 1. The molecule has 0 atom stereocenters. The first-order chi connectivity index (χ1) is 16.9. The summed E-state index contributed by atoms with van der Waals surface area (Å²) in [4.78, 5) is 17.0. The molecular weight excluding hydrogens is 466 g/mol. The maximum atomic E-state index is 13.3. The highest BCUT2D eigenvalue weighted by Gasteiger charge is 2.29. The number of aryl methyl sites for hydroxylation is 2. The van der Waals surface area contributed by atoms with Crippen molar-refractivity contribution < 1.29 is 22.4 Å². The van der Waals surface area contributed by atoms with Crippen LogP contribution in [0.4, 0.5) is 5.69 Å². The van der Waals surface area contributed by atoms with E-state index in [1.54, 1.807) is 25.3 Å². The standard InChI is InChI=1S/C26H31N3O5S/c1-3-33-22-12-11-21(17-24(22)35(31,32)29-15-5-4-6-16-29)28-25(30)13-14-26-27-18-23(34-26)20-9-7-19(2)8-10-20/h7-12,17-18H,3-6,13-16H2,1-2H3,(H,28,30). The smallest absolute Gasteiger partial charge is 0.246 e. The van der Waals surface area contributed by atoms with Gasteiger partial charge < -0.3 is 14.5 Å². The van der Waals surface area contributed by atoms with Gasteiger partial charge in [0.15, 0.2) is 11.7 Å². The molecule has 2 aromatic carbocycles. The monoisotopic (exact) mass is 497 g/mol. The van der Waals surface area contributed by atoms with Gasteiger partial charge in [-0.1, -0.05) is 36.2 Å². The van der Waals surface area contributed by atoms with Crippen molar-refractivity contribution in [3.63, 3.8) is 0 Å². The lowest BCUT2D eigenvalue weighted by Gasteiger charge is -2.27. The highest BCUT2D eigenvalue weighted by molar-refractivity contribution is 7.89. The Bertz CT molecular complexity index is 1260. The Morgan fingerprint density at radius 2 is 1.86 bits per heavy atom. The van der Waals surface area contributed by atoms with Gasteiger partial charge in [0.05, 0.1) is 12.8 Å². The van der Waals surface area contributed by atoms with Crippen LogP contribution in [-0.4, -0.2) is 43.3 Å². The van der Waals surface area contributed by atoms with Crippen LogP contribution >= 0.6 is 0 Å². The molecule has 1 aliphatic heterocycles. The number of oxazole rings is 1. The molecule has 0 saturated carbocycles. The molecular formula is C26H31N3O5S. The minimum Gasteiger partial charge on any atom is -0.492 e. The van der Waals surface area contributed by atoms with Crippen molar-refractivity contribution in [3.05, 3.63) is 60.1 Å². The second kappa shape index (κ2) is 11.0. The Labute approximate surface area is 206 Å². The molecule has 1 aliphatic rings. The summed E-state index contributed by atoms with van der Waals surface area (Å²) in [5.41, 5.74) is 2.49. The molecule has 8 nitrogen and oxygen atoms in total. The van der Waals surface area contributed by atoms with Crippen LogP contribution in [0.15, 0.2) is 58.0 Å². The van der Waals surface area contributed by atoms with Gasteiger partial charge in [-0.15, -0.1) is 0 Å². The van der Waals surface area contributed by atoms with E-state index < -0.39 is 10.0 Å². The van der Waals surface area contributed by atoms with Crippen LogP contribution < -0.4 is 10.1 Å². The van der Waals surface area contributed by atoms with Gasteiger partial charge >= 0.3 is 0 Å². The molecule has 0 spiro atoms. The lowest BCUT2D eigenvalue weighted by atomic mass is 10.1. The van der Waals surface area contributed by atoms with Crippen molar-refractivity contribution >= 4 is 21.6 Å². The van der Waals surface area contributed by atoms with Gasteiger partial charge in [-0.2, -0.15) is 4.31 Å². The first-order valence-electron chi connectivity index (χ1n) is 12.0. The summed E-state index contributed by atoms with van der Waals surface area (Å²) in [6, 6.07) is 12.7. The van der Waals surface area contributed by atoms with Crippen LogP contribution in [0.3, 0.4) is 0 Å². The van der Waals surface area contributed by atoms with E-state index in [2.05, 4.69) is 10.3 Å². The molecule has 2 heterocycles. The van der Waals surface area contributed by atoms with Gasteiger partial charge in [0.2, 0.25) is 15.9 Å². The van der Waals surface area contributed by atoms with Gasteiger partial charge in [0.1, 0.15) is 10.6 Å². The van der Waals surface area contributed by atoms with Crippen molar-refractivity contribution in [2.45, 2.75) is 50.8 Å². The molecule has 0 unspecified atom stereocenters. The number of aromatic nitrogens is 1. The largest absolute Gasteiger partial charge is 0.492 e. The summed E-state index contributed by atoms with van der Waals surface area (Å²) < 4.78 is 39.4. The van der Waals surface area contributed by atoms with Crippen LogP contribution in [-0.2, 0) is 21.2 Å². The third-order valence-corrected chi connectivity index (χ3v) is 7.84. The van der Waals surface area contributed by atoms with E-state index in [-0.39, 0.29) is 17.2 Å². The SMILES string of the molecule is CCOc1ccc(NC(=O)CCc2ncc(-c3ccc(C)cc3)o2)cc1S(=O)(=O)N1CCCCC1. The average molecular weight is 498 g/mol. The fraction of sp³-hybridized carbons (Fsp3) is 0.385. The van der Waals surface area contributed by atoms with Crippen LogP contribution in [0, 0.1) is 6.92 Å². The van der Waals surface area contributed by atoms with Gasteiger partial charge in [0, 0.05) is 37.2 Å². The summed E-state index contributed by atoms with van der Waals surface area (Å²) in [5, 5.41) is 2.79. The molecule has 1 aromatic heterocycles. The predicted molar refractivity (Wildman–Crippen MR) is 134 cm³/mol. The Morgan fingerprint density at radius 1 is 1.11 bits per heavy atom. The first-order valence-corrected chi connectivity index (χ1v) is 13.4. The van der Waals surface area contributed by atoms with Crippen molar-refractivity contribution in [3.8, 4) is 17.1 Å². The van der Waals surface area contributed by atoms with Crippen molar-refractivity contribution in [2.75, 3.05) is 25.0 Å². The number of carbonyl (C=O) groups is 1. The zero-order valence-electron chi connectivity index (χ0n) is 20.1. The Hall–Kier alpha value is -3.17. The quantitative estimate of drug-likeness (QED) is 0.456. The number of benzene rings is 2. The van der Waals surface area contributed by atoms with E-state index in [1.165, 1.54) is 10.4 Å². The van der Waals surface area contributed by atoms with E-state index in [0.29, 0.717) is 49.2 Å². The fourth-order valence-corrected chi connectivity index (χ4v) is 5.70. The number of carbonyl (C=O) groups excluding carboxylic acids is 1. The maximum absolute atomic E-state index is 13.3. The molecule has 4 rings (SSSR count). The molecule has 0 radical (unpaired) electrons. The fourth-order valence-electron chi connectivity index (χ4n) is 4.03. The molecule has 35 heavy (non-hydrogen) atoms. The number of nitrogens with zero attached hydrogens (tertiary/aromatic N) is 2. The molecule has 0 aliphatic carbocycles. The van der Waals surface area contributed by atoms with Crippen LogP contribution in [0.25, 0.3) is 11.3 Å². The number of rotatable bonds is 9. The van der Waals surface area contributed by atoms with E-state index in [4.69, 9.17) is 9.15 Å². The molecule has 9 heteroatoms. The minimum absolute atomic E-state index is 0.0782. The molecule has 3 aromatic rings. The van der Waals surface area contributed by atoms with E-state index in [1.807, 2.05) is 31.2 Å². The second-order valence-electron chi connectivity index (χ2n) is 8.59. The third-order valence-electron chi connectivity index (χ3n) is 5.92.